The third kappa shape index (κ3) is 2.55. The van der Waals surface area contributed by atoms with Gasteiger partial charge >= 0.3 is 0 Å². The largest absolute Gasteiger partial charge is 0.291 e. The van der Waals surface area contributed by atoms with Gasteiger partial charge in [-0.25, -0.2) is 0 Å². The fourth-order valence-electron chi connectivity index (χ4n) is 3.22. The first kappa shape index (κ1) is 13.8. The van der Waals surface area contributed by atoms with Crippen molar-refractivity contribution in [2.75, 3.05) is 6.54 Å². The fraction of sp³-hybridized carbons (Fsp3) is 0.444. The van der Waals surface area contributed by atoms with Gasteiger partial charge < -0.3 is 0 Å². The second-order valence-corrected chi connectivity index (χ2v) is 7.01. The summed E-state index contributed by atoms with van der Waals surface area (Å²) in [4.78, 5) is 4.19. The molecule has 2 heterocycles. The van der Waals surface area contributed by atoms with Crippen molar-refractivity contribution in [1.82, 2.24) is 4.90 Å². The van der Waals surface area contributed by atoms with Crippen LogP contribution in [0.25, 0.3) is 0 Å². The summed E-state index contributed by atoms with van der Waals surface area (Å²) in [5, 5.41) is 2.24. The van der Waals surface area contributed by atoms with Crippen LogP contribution in [0, 0.1) is 0 Å². The van der Waals surface area contributed by atoms with Gasteiger partial charge in [-0.05, 0) is 47.4 Å². The Balaban J connectivity index is 1.83. The molecule has 0 N–H and O–H groups in total. The highest BCUT2D eigenvalue weighted by Crippen LogP contribution is 2.35. The number of nitrogens with zero attached hydrogens (tertiary/aromatic N) is 1. The Labute approximate surface area is 126 Å². The maximum absolute atomic E-state index is 2.63. The van der Waals surface area contributed by atoms with Crippen LogP contribution in [0.3, 0.4) is 0 Å². The highest BCUT2D eigenvalue weighted by atomic mass is 32.1. The molecule has 0 amide bonds. The van der Waals surface area contributed by atoms with Crippen molar-refractivity contribution in [1.29, 1.82) is 0 Å². The summed E-state index contributed by atoms with van der Waals surface area (Å²) in [5.74, 6) is 0.601. The summed E-state index contributed by atoms with van der Waals surface area (Å²) < 4.78 is 0. The molecular formula is C18H23NS. The molecule has 20 heavy (non-hydrogen) atoms. The number of rotatable bonds is 3. The van der Waals surface area contributed by atoms with E-state index in [0.717, 1.165) is 6.54 Å². The lowest BCUT2D eigenvalue weighted by Gasteiger charge is -2.34. The fourth-order valence-corrected chi connectivity index (χ4v) is 4.27. The van der Waals surface area contributed by atoms with Crippen LogP contribution in [0.5, 0.6) is 0 Å². The Morgan fingerprint density at radius 3 is 2.85 bits per heavy atom. The molecule has 0 bridgehead atoms. The molecule has 0 saturated carbocycles. The van der Waals surface area contributed by atoms with Crippen molar-refractivity contribution in [3.8, 4) is 0 Å². The molecule has 0 saturated heterocycles. The molecule has 0 fully saturated rings. The average Bonchev–Trinajstić information content (AvgIpc) is 2.91. The van der Waals surface area contributed by atoms with Crippen LogP contribution in [-0.2, 0) is 13.0 Å². The standard InChI is InChI=1S/C18H23NS/c1-13(2)17-7-5-4-6-16(17)12-19-10-8-15-9-11-20-18(15)14(19)3/h4-7,9,11,13-14H,8,10,12H2,1-3H3. The van der Waals surface area contributed by atoms with Crippen molar-refractivity contribution in [3.05, 3.63) is 57.3 Å². The molecule has 0 radical (unpaired) electrons. The molecule has 2 aromatic rings. The van der Waals surface area contributed by atoms with Gasteiger partial charge in [-0.1, -0.05) is 38.1 Å². The molecule has 1 nitrogen and oxygen atoms in total. The highest BCUT2D eigenvalue weighted by molar-refractivity contribution is 7.10. The predicted molar refractivity (Wildman–Crippen MR) is 87.4 cm³/mol. The SMILES string of the molecule is CC(C)c1ccccc1CN1CCc2ccsc2C1C. The van der Waals surface area contributed by atoms with E-state index in [1.807, 2.05) is 11.3 Å². The molecular weight excluding hydrogens is 262 g/mol. The highest BCUT2D eigenvalue weighted by Gasteiger charge is 2.25. The van der Waals surface area contributed by atoms with Gasteiger partial charge in [0.2, 0.25) is 0 Å². The lowest BCUT2D eigenvalue weighted by Crippen LogP contribution is -2.32. The topological polar surface area (TPSA) is 3.24 Å². The van der Waals surface area contributed by atoms with E-state index in [4.69, 9.17) is 0 Å². The van der Waals surface area contributed by atoms with Gasteiger partial charge in [-0.15, -0.1) is 11.3 Å². The molecule has 2 heteroatoms. The lowest BCUT2D eigenvalue weighted by molar-refractivity contribution is 0.192. The number of benzene rings is 1. The normalized spacial score (nSPS) is 19.3. The Hall–Kier alpha value is -1.12. The van der Waals surface area contributed by atoms with Crippen molar-refractivity contribution < 1.29 is 0 Å². The van der Waals surface area contributed by atoms with Crippen LogP contribution < -0.4 is 0 Å². The number of fused-ring (bicyclic) bond motifs is 1. The second-order valence-electron chi connectivity index (χ2n) is 6.06. The van der Waals surface area contributed by atoms with Crippen LogP contribution in [0.2, 0.25) is 0 Å². The Bertz CT molecular complexity index is 585. The summed E-state index contributed by atoms with van der Waals surface area (Å²) in [6.07, 6.45) is 1.20. The van der Waals surface area contributed by atoms with Crippen molar-refractivity contribution in [3.63, 3.8) is 0 Å². The molecule has 3 rings (SSSR count). The minimum absolute atomic E-state index is 0.555. The Morgan fingerprint density at radius 2 is 2.05 bits per heavy atom. The quantitative estimate of drug-likeness (QED) is 0.768. The van der Waals surface area contributed by atoms with E-state index in [-0.39, 0.29) is 0 Å². The molecule has 1 atom stereocenters. The maximum atomic E-state index is 2.63. The molecule has 1 aliphatic rings. The van der Waals surface area contributed by atoms with E-state index >= 15 is 0 Å². The number of hydrogen-bond donors (Lipinski definition) is 0. The molecule has 1 aromatic carbocycles. The van der Waals surface area contributed by atoms with Crippen LogP contribution in [0.15, 0.2) is 35.7 Å². The summed E-state index contributed by atoms with van der Waals surface area (Å²) in [6, 6.07) is 11.8. The van der Waals surface area contributed by atoms with Gasteiger partial charge in [0.05, 0.1) is 0 Å². The number of thiophene rings is 1. The van der Waals surface area contributed by atoms with Crippen molar-refractivity contribution in [2.24, 2.45) is 0 Å². The third-order valence-electron chi connectivity index (χ3n) is 4.43. The molecule has 1 unspecified atom stereocenters. The second kappa shape index (κ2) is 5.71. The van der Waals surface area contributed by atoms with Gasteiger partial charge in [0.15, 0.2) is 0 Å². The Kier molecular flexibility index (Phi) is 3.95. The molecule has 1 aliphatic heterocycles. The summed E-state index contributed by atoms with van der Waals surface area (Å²) in [7, 11) is 0. The van der Waals surface area contributed by atoms with E-state index < -0.39 is 0 Å². The van der Waals surface area contributed by atoms with E-state index in [1.54, 1.807) is 10.4 Å². The van der Waals surface area contributed by atoms with Crippen molar-refractivity contribution >= 4 is 11.3 Å². The molecule has 0 spiro atoms. The monoisotopic (exact) mass is 285 g/mol. The maximum Gasteiger partial charge on any atom is 0.0419 e. The van der Waals surface area contributed by atoms with Crippen LogP contribution in [0.1, 0.15) is 54.3 Å². The van der Waals surface area contributed by atoms with Crippen molar-refractivity contribution in [2.45, 2.75) is 45.7 Å². The average molecular weight is 285 g/mol. The van der Waals surface area contributed by atoms with Gasteiger partial charge in [0, 0.05) is 24.0 Å². The van der Waals surface area contributed by atoms with Crippen LogP contribution in [0.4, 0.5) is 0 Å². The smallest absolute Gasteiger partial charge is 0.0419 e. The molecule has 0 aliphatic carbocycles. The van der Waals surface area contributed by atoms with Gasteiger partial charge in [-0.3, -0.25) is 4.90 Å². The zero-order chi connectivity index (χ0) is 14.1. The summed E-state index contributed by atoms with van der Waals surface area (Å²) in [5.41, 5.74) is 4.56. The van der Waals surface area contributed by atoms with Crippen LogP contribution >= 0.6 is 11.3 Å². The zero-order valence-electron chi connectivity index (χ0n) is 12.6. The summed E-state index contributed by atoms with van der Waals surface area (Å²) in [6.45, 7) is 9.18. The lowest BCUT2D eigenvalue weighted by atomic mass is 9.95. The van der Waals surface area contributed by atoms with Gasteiger partial charge in [0.25, 0.3) is 0 Å². The predicted octanol–water partition coefficient (Wildman–Crippen LogP) is 4.99. The third-order valence-corrected chi connectivity index (χ3v) is 5.56. The molecule has 106 valence electrons. The Morgan fingerprint density at radius 1 is 1.25 bits per heavy atom. The first-order chi connectivity index (χ1) is 9.66. The minimum Gasteiger partial charge on any atom is -0.291 e. The van der Waals surface area contributed by atoms with E-state index in [1.165, 1.54) is 24.1 Å². The van der Waals surface area contributed by atoms with Gasteiger partial charge in [0.1, 0.15) is 0 Å². The molecule has 1 aromatic heterocycles. The van der Waals surface area contributed by atoms with Crippen LogP contribution in [-0.4, -0.2) is 11.4 Å². The number of hydrogen-bond acceptors (Lipinski definition) is 2. The first-order valence-electron chi connectivity index (χ1n) is 7.55. The minimum atomic E-state index is 0.555. The van der Waals surface area contributed by atoms with E-state index in [0.29, 0.717) is 12.0 Å². The zero-order valence-corrected chi connectivity index (χ0v) is 13.4. The first-order valence-corrected chi connectivity index (χ1v) is 8.43. The summed E-state index contributed by atoms with van der Waals surface area (Å²) >= 11 is 1.92. The van der Waals surface area contributed by atoms with Gasteiger partial charge in [-0.2, -0.15) is 0 Å². The van der Waals surface area contributed by atoms with E-state index in [2.05, 4.69) is 61.4 Å². The van der Waals surface area contributed by atoms with E-state index in [9.17, 15) is 0 Å².